The van der Waals surface area contributed by atoms with Crippen molar-refractivity contribution in [2.45, 2.75) is 6.92 Å². The van der Waals surface area contributed by atoms with Crippen LogP contribution < -0.4 is 9.47 Å². The van der Waals surface area contributed by atoms with Gasteiger partial charge < -0.3 is 9.47 Å². The lowest BCUT2D eigenvalue weighted by molar-refractivity contribution is 0.101. The molecule has 0 N–H and O–H groups in total. The number of Topliss-reactive ketones (excluding diaryl/α,β-unsaturated/α-hetero) is 1. The van der Waals surface area contributed by atoms with Gasteiger partial charge >= 0.3 is 0 Å². The molecule has 0 aromatic heterocycles. The van der Waals surface area contributed by atoms with Gasteiger partial charge in [-0.3, -0.25) is 4.79 Å². The molecule has 17 heavy (non-hydrogen) atoms. The molecule has 0 aliphatic heterocycles. The lowest BCUT2D eigenvalue weighted by atomic mass is 10.1. The number of ether oxygens (including phenoxy) is 2. The van der Waals surface area contributed by atoms with Crippen molar-refractivity contribution < 1.29 is 14.3 Å². The zero-order valence-electron chi connectivity index (χ0n) is 9.94. The Balaban J connectivity index is 2.97. The van der Waals surface area contributed by atoms with E-state index in [4.69, 9.17) is 9.47 Å². The smallest absolute Gasteiger partial charge is 0.162 e. The molecule has 0 saturated heterocycles. The van der Waals surface area contributed by atoms with Gasteiger partial charge in [-0.15, -0.1) is 0 Å². The van der Waals surface area contributed by atoms with E-state index < -0.39 is 0 Å². The molecule has 1 aromatic rings. The monoisotopic (exact) mass is 232 g/mol. The van der Waals surface area contributed by atoms with E-state index in [-0.39, 0.29) is 5.78 Å². The van der Waals surface area contributed by atoms with Crippen molar-refractivity contribution in [3.63, 3.8) is 0 Å². The second-order valence-corrected chi connectivity index (χ2v) is 3.42. The molecule has 0 heterocycles. The molecule has 0 spiro atoms. The minimum atomic E-state index is -0.0104. The van der Waals surface area contributed by atoms with E-state index in [1.807, 2.05) is 0 Å². The minimum absolute atomic E-state index is 0.0104. The van der Waals surface area contributed by atoms with E-state index in [0.717, 1.165) is 0 Å². The van der Waals surface area contributed by atoms with Crippen molar-refractivity contribution in [1.82, 2.24) is 0 Å². The van der Waals surface area contributed by atoms with Gasteiger partial charge in [0.05, 0.1) is 0 Å². The first-order valence-electron chi connectivity index (χ1n) is 5.31. The van der Waals surface area contributed by atoms with E-state index in [2.05, 4.69) is 13.2 Å². The van der Waals surface area contributed by atoms with Gasteiger partial charge in [0.2, 0.25) is 0 Å². The third-order valence-electron chi connectivity index (χ3n) is 2.06. The molecular formula is C14H16O3. The zero-order valence-corrected chi connectivity index (χ0v) is 9.94. The highest BCUT2D eigenvalue weighted by atomic mass is 16.5. The van der Waals surface area contributed by atoms with Crippen molar-refractivity contribution in [1.29, 1.82) is 0 Å². The predicted octanol–water partition coefficient (Wildman–Crippen LogP) is 3.02. The standard InChI is InChI=1S/C14H16O3/c1-4-8-16-13-7-6-12(11(3)15)10-14(13)17-9-5-2/h4-7,10H,1-2,8-9H2,3H3. The summed E-state index contributed by atoms with van der Waals surface area (Å²) in [6, 6.07) is 5.10. The first-order chi connectivity index (χ1) is 8.19. The Hall–Kier alpha value is -2.03. The van der Waals surface area contributed by atoms with Crippen molar-refractivity contribution >= 4 is 5.78 Å². The zero-order chi connectivity index (χ0) is 12.7. The first-order valence-corrected chi connectivity index (χ1v) is 5.31. The molecule has 1 rings (SSSR count). The second-order valence-electron chi connectivity index (χ2n) is 3.42. The maximum atomic E-state index is 11.3. The number of hydrogen-bond acceptors (Lipinski definition) is 3. The topological polar surface area (TPSA) is 35.5 Å². The van der Waals surface area contributed by atoms with Gasteiger partial charge in [-0.2, -0.15) is 0 Å². The van der Waals surface area contributed by atoms with Gasteiger partial charge in [-0.1, -0.05) is 25.3 Å². The average molecular weight is 232 g/mol. The molecular weight excluding hydrogens is 216 g/mol. The van der Waals surface area contributed by atoms with E-state index in [1.54, 1.807) is 30.4 Å². The normalized spacial score (nSPS) is 9.47. The van der Waals surface area contributed by atoms with Gasteiger partial charge in [0.25, 0.3) is 0 Å². The molecule has 0 atom stereocenters. The minimum Gasteiger partial charge on any atom is -0.486 e. The Bertz CT molecular complexity index is 421. The van der Waals surface area contributed by atoms with Crippen LogP contribution in [0, 0.1) is 0 Å². The third-order valence-corrected chi connectivity index (χ3v) is 2.06. The molecule has 3 nitrogen and oxygen atoms in total. The summed E-state index contributed by atoms with van der Waals surface area (Å²) in [6.07, 6.45) is 3.29. The summed E-state index contributed by atoms with van der Waals surface area (Å²) in [7, 11) is 0. The summed E-state index contributed by atoms with van der Waals surface area (Å²) in [4.78, 5) is 11.3. The molecule has 0 amide bonds. The molecule has 0 aliphatic carbocycles. The van der Waals surface area contributed by atoms with E-state index in [9.17, 15) is 4.79 Å². The van der Waals surface area contributed by atoms with Crippen LogP contribution in [0.15, 0.2) is 43.5 Å². The molecule has 0 saturated carbocycles. The largest absolute Gasteiger partial charge is 0.486 e. The fourth-order valence-electron chi connectivity index (χ4n) is 1.26. The Morgan fingerprint density at radius 3 is 2.29 bits per heavy atom. The van der Waals surface area contributed by atoms with Crippen LogP contribution in [0.2, 0.25) is 0 Å². The fraction of sp³-hybridized carbons (Fsp3) is 0.214. The maximum Gasteiger partial charge on any atom is 0.162 e. The SMILES string of the molecule is C=CCOc1ccc(C(C)=O)cc1OCC=C. The summed E-state index contributed by atoms with van der Waals surface area (Å²) < 4.78 is 10.9. The predicted molar refractivity (Wildman–Crippen MR) is 67.8 cm³/mol. The quantitative estimate of drug-likeness (QED) is 0.535. The van der Waals surface area contributed by atoms with Gasteiger partial charge in [0.1, 0.15) is 13.2 Å². The van der Waals surface area contributed by atoms with Crippen molar-refractivity contribution in [2.75, 3.05) is 13.2 Å². The van der Waals surface area contributed by atoms with Crippen LogP contribution in [0.5, 0.6) is 11.5 Å². The molecule has 3 heteroatoms. The highest BCUT2D eigenvalue weighted by Crippen LogP contribution is 2.28. The number of carbonyl (C=O) groups is 1. The Morgan fingerprint density at radius 1 is 1.18 bits per heavy atom. The maximum absolute atomic E-state index is 11.3. The van der Waals surface area contributed by atoms with E-state index in [1.165, 1.54) is 6.92 Å². The number of rotatable bonds is 7. The van der Waals surface area contributed by atoms with Crippen LogP contribution in [0.1, 0.15) is 17.3 Å². The van der Waals surface area contributed by atoms with Crippen LogP contribution in [0.4, 0.5) is 0 Å². The van der Waals surface area contributed by atoms with Gasteiger partial charge in [-0.05, 0) is 25.1 Å². The number of carbonyl (C=O) groups excluding carboxylic acids is 1. The summed E-state index contributed by atoms with van der Waals surface area (Å²) in [5.41, 5.74) is 0.593. The third kappa shape index (κ3) is 3.79. The molecule has 0 unspecified atom stereocenters. The lowest BCUT2D eigenvalue weighted by Crippen LogP contribution is -2.01. The molecule has 0 bridgehead atoms. The van der Waals surface area contributed by atoms with Crippen LogP contribution in [0.3, 0.4) is 0 Å². The van der Waals surface area contributed by atoms with Gasteiger partial charge in [0.15, 0.2) is 17.3 Å². The van der Waals surface area contributed by atoms with E-state index in [0.29, 0.717) is 30.3 Å². The number of ketones is 1. The van der Waals surface area contributed by atoms with Gasteiger partial charge in [0, 0.05) is 5.56 Å². The van der Waals surface area contributed by atoms with Crippen LogP contribution in [0.25, 0.3) is 0 Å². The highest BCUT2D eigenvalue weighted by Gasteiger charge is 2.08. The molecule has 0 radical (unpaired) electrons. The summed E-state index contributed by atoms with van der Waals surface area (Å²) >= 11 is 0. The average Bonchev–Trinajstić information content (AvgIpc) is 2.34. The Kier molecular flexibility index (Phi) is 5.01. The first kappa shape index (κ1) is 13.0. The fourth-order valence-corrected chi connectivity index (χ4v) is 1.26. The van der Waals surface area contributed by atoms with Gasteiger partial charge in [-0.25, -0.2) is 0 Å². The lowest BCUT2D eigenvalue weighted by Gasteiger charge is -2.11. The summed E-state index contributed by atoms with van der Waals surface area (Å²) in [5, 5.41) is 0. The van der Waals surface area contributed by atoms with Crippen LogP contribution in [-0.4, -0.2) is 19.0 Å². The Morgan fingerprint density at radius 2 is 1.76 bits per heavy atom. The van der Waals surface area contributed by atoms with Crippen molar-refractivity contribution in [3.8, 4) is 11.5 Å². The Labute approximate surface area is 101 Å². The van der Waals surface area contributed by atoms with E-state index >= 15 is 0 Å². The molecule has 0 fully saturated rings. The van der Waals surface area contributed by atoms with Crippen molar-refractivity contribution in [3.05, 3.63) is 49.1 Å². The molecule has 90 valence electrons. The van der Waals surface area contributed by atoms with Crippen LogP contribution in [-0.2, 0) is 0 Å². The number of benzene rings is 1. The number of hydrogen-bond donors (Lipinski definition) is 0. The summed E-state index contributed by atoms with van der Waals surface area (Å²) in [5.74, 6) is 1.12. The summed E-state index contributed by atoms with van der Waals surface area (Å²) in [6.45, 7) is 9.42. The highest BCUT2D eigenvalue weighted by molar-refractivity contribution is 5.94. The second kappa shape index (κ2) is 6.53. The molecule has 0 aliphatic rings. The molecule has 1 aromatic carbocycles. The van der Waals surface area contributed by atoms with Crippen molar-refractivity contribution in [2.24, 2.45) is 0 Å². The van der Waals surface area contributed by atoms with Crippen LogP contribution >= 0.6 is 0 Å².